The zero-order chi connectivity index (χ0) is 13.8. The Kier molecular flexibility index (Phi) is 3.94. The fraction of sp³-hybridized carbons (Fsp3) is 0.500. The number of hydrogen-bond acceptors (Lipinski definition) is 6. The van der Waals surface area contributed by atoms with Gasteiger partial charge in [-0.15, -0.1) is 10.2 Å². The molecule has 7 heteroatoms. The van der Waals surface area contributed by atoms with E-state index in [1.165, 1.54) is 7.11 Å². The third-order valence-corrected chi connectivity index (χ3v) is 3.12. The smallest absolute Gasteiger partial charge is 0.358 e. The Morgan fingerprint density at radius 2 is 2.26 bits per heavy atom. The molecule has 1 unspecified atom stereocenters. The fourth-order valence-corrected chi connectivity index (χ4v) is 2.16. The second-order valence-corrected chi connectivity index (χ2v) is 4.47. The van der Waals surface area contributed by atoms with Gasteiger partial charge in [0.15, 0.2) is 11.5 Å². The number of hydrogen-bond donors (Lipinski definition) is 1. The first-order chi connectivity index (χ1) is 9.10. The first-order valence-electron chi connectivity index (χ1n) is 5.99. The third kappa shape index (κ3) is 3.18. The van der Waals surface area contributed by atoms with Crippen LogP contribution in [-0.4, -0.2) is 47.4 Å². The van der Waals surface area contributed by atoms with Crippen LogP contribution in [0.25, 0.3) is 0 Å². The summed E-state index contributed by atoms with van der Waals surface area (Å²) in [5.74, 6) is -0.511. The van der Waals surface area contributed by atoms with Crippen LogP contribution in [0.2, 0.25) is 0 Å². The van der Waals surface area contributed by atoms with E-state index in [9.17, 15) is 9.59 Å². The summed E-state index contributed by atoms with van der Waals surface area (Å²) >= 11 is 0. The summed E-state index contributed by atoms with van der Waals surface area (Å²) in [5.41, 5.74) is 0.160. The van der Waals surface area contributed by atoms with Crippen molar-refractivity contribution in [3.8, 4) is 0 Å². The molecule has 0 aliphatic carbocycles. The lowest BCUT2D eigenvalue weighted by atomic mass is 10.1. The minimum atomic E-state index is -0.779. The van der Waals surface area contributed by atoms with Crippen LogP contribution < -0.4 is 4.90 Å². The van der Waals surface area contributed by atoms with Gasteiger partial charge in [0.2, 0.25) is 0 Å². The molecule has 1 atom stereocenters. The molecule has 19 heavy (non-hydrogen) atoms. The number of carboxylic acids is 1. The normalized spacial score (nSPS) is 18.4. The lowest BCUT2D eigenvalue weighted by Gasteiger charge is -2.16. The summed E-state index contributed by atoms with van der Waals surface area (Å²) in [6.07, 6.45) is 0.997. The van der Waals surface area contributed by atoms with Crippen molar-refractivity contribution in [1.29, 1.82) is 0 Å². The molecule has 7 nitrogen and oxygen atoms in total. The third-order valence-electron chi connectivity index (χ3n) is 3.12. The van der Waals surface area contributed by atoms with Crippen molar-refractivity contribution < 1.29 is 19.4 Å². The Labute approximate surface area is 110 Å². The first kappa shape index (κ1) is 13.3. The van der Waals surface area contributed by atoms with Gasteiger partial charge in [0.1, 0.15) is 0 Å². The van der Waals surface area contributed by atoms with Gasteiger partial charge in [-0.2, -0.15) is 0 Å². The highest BCUT2D eigenvalue weighted by Crippen LogP contribution is 2.23. The van der Waals surface area contributed by atoms with E-state index in [-0.39, 0.29) is 18.0 Å². The standard InChI is InChI=1S/C12H15N3O4/c1-19-12(18)9-2-3-10(14-13-9)15-5-4-8(7-15)6-11(16)17/h2-3,8H,4-7H2,1H3,(H,16,17). The van der Waals surface area contributed by atoms with Crippen LogP contribution in [0.3, 0.4) is 0 Å². The topological polar surface area (TPSA) is 92.6 Å². The summed E-state index contributed by atoms with van der Waals surface area (Å²) in [6.45, 7) is 1.41. The van der Waals surface area contributed by atoms with Crippen molar-refractivity contribution in [3.63, 3.8) is 0 Å². The van der Waals surface area contributed by atoms with Crippen LogP contribution in [0.4, 0.5) is 5.82 Å². The van der Waals surface area contributed by atoms with Crippen molar-refractivity contribution in [3.05, 3.63) is 17.8 Å². The number of carboxylic acid groups (broad SMARTS) is 1. The molecule has 0 spiro atoms. The zero-order valence-corrected chi connectivity index (χ0v) is 10.6. The van der Waals surface area contributed by atoms with Crippen molar-refractivity contribution in [2.24, 2.45) is 5.92 Å². The summed E-state index contributed by atoms with van der Waals surface area (Å²) < 4.78 is 4.54. The lowest BCUT2D eigenvalue weighted by Crippen LogP contribution is -2.22. The van der Waals surface area contributed by atoms with Gasteiger partial charge in [0.25, 0.3) is 0 Å². The Bertz CT molecular complexity index is 474. The molecule has 0 aromatic carbocycles. The predicted octanol–water partition coefficient (Wildman–Crippen LogP) is 0.564. The fourth-order valence-electron chi connectivity index (χ4n) is 2.16. The number of methoxy groups -OCH3 is 1. The van der Waals surface area contributed by atoms with Gasteiger partial charge < -0.3 is 14.7 Å². The van der Waals surface area contributed by atoms with Gasteiger partial charge >= 0.3 is 11.9 Å². The number of carbonyl (C=O) groups excluding carboxylic acids is 1. The molecular formula is C12H15N3O4. The Hall–Kier alpha value is -2.18. The van der Waals surface area contributed by atoms with Crippen LogP contribution in [0.15, 0.2) is 12.1 Å². The molecule has 1 N–H and O–H groups in total. The van der Waals surface area contributed by atoms with Crippen LogP contribution in [0, 0.1) is 5.92 Å². The summed E-state index contributed by atoms with van der Waals surface area (Å²) in [6, 6.07) is 3.25. The van der Waals surface area contributed by atoms with Crippen LogP contribution in [0.5, 0.6) is 0 Å². The molecule has 1 aromatic heterocycles. The van der Waals surface area contributed by atoms with Crippen molar-refractivity contribution in [2.45, 2.75) is 12.8 Å². The maximum absolute atomic E-state index is 11.2. The second kappa shape index (κ2) is 5.64. The van der Waals surface area contributed by atoms with E-state index in [0.29, 0.717) is 12.4 Å². The minimum Gasteiger partial charge on any atom is -0.481 e. The molecule has 0 saturated carbocycles. The minimum absolute atomic E-state index is 0.139. The summed E-state index contributed by atoms with van der Waals surface area (Å²) in [5, 5.41) is 16.5. The van der Waals surface area contributed by atoms with Gasteiger partial charge in [0.05, 0.1) is 7.11 Å². The highest BCUT2D eigenvalue weighted by atomic mass is 16.5. The Balaban J connectivity index is 2.00. The number of nitrogens with zero attached hydrogens (tertiary/aromatic N) is 3. The van der Waals surface area contributed by atoms with Gasteiger partial charge in [-0.1, -0.05) is 0 Å². The number of aliphatic carboxylic acids is 1. The number of aromatic nitrogens is 2. The van der Waals surface area contributed by atoms with E-state index in [2.05, 4.69) is 14.9 Å². The first-order valence-corrected chi connectivity index (χ1v) is 5.99. The number of esters is 1. The van der Waals surface area contributed by atoms with Crippen LogP contribution in [-0.2, 0) is 9.53 Å². The highest BCUT2D eigenvalue weighted by Gasteiger charge is 2.25. The van der Waals surface area contributed by atoms with E-state index in [1.807, 2.05) is 4.90 Å². The molecular weight excluding hydrogens is 250 g/mol. The lowest BCUT2D eigenvalue weighted by molar-refractivity contribution is -0.137. The summed E-state index contributed by atoms with van der Waals surface area (Å²) in [7, 11) is 1.29. The zero-order valence-electron chi connectivity index (χ0n) is 10.6. The molecule has 102 valence electrons. The second-order valence-electron chi connectivity index (χ2n) is 4.47. The number of anilines is 1. The number of ether oxygens (including phenoxy) is 1. The molecule has 0 radical (unpaired) electrons. The highest BCUT2D eigenvalue weighted by molar-refractivity contribution is 5.86. The molecule has 1 aliphatic heterocycles. The Morgan fingerprint density at radius 1 is 1.47 bits per heavy atom. The molecule has 1 fully saturated rings. The van der Waals surface area contributed by atoms with Crippen molar-refractivity contribution in [1.82, 2.24) is 10.2 Å². The molecule has 2 heterocycles. The van der Waals surface area contributed by atoms with Crippen molar-refractivity contribution in [2.75, 3.05) is 25.1 Å². The predicted molar refractivity (Wildman–Crippen MR) is 65.9 cm³/mol. The number of carbonyl (C=O) groups is 2. The van der Waals surface area contributed by atoms with Gasteiger partial charge in [-0.3, -0.25) is 4.79 Å². The van der Waals surface area contributed by atoms with E-state index < -0.39 is 11.9 Å². The molecule has 0 amide bonds. The summed E-state index contributed by atoms with van der Waals surface area (Å²) in [4.78, 5) is 23.8. The van der Waals surface area contributed by atoms with E-state index in [0.717, 1.165) is 13.0 Å². The van der Waals surface area contributed by atoms with Gasteiger partial charge in [-0.05, 0) is 24.5 Å². The SMILES string of the molecule is COC(=O)c1ccc(N2CCC(CC(=O)O)C2)nn1. The monoisotopic (exact) mass is 265 g/mol. The average Bonchev–Trinajstić information content (AvgIpc) is 2.85. The van der Waals surface area contributed by atoms with E-state index >= 15 is 0 Å². The van der Waals surface area contributed by atoms with Crippen LogP contribution >= 0.6 is 0 Å². The van der Waals surface area contributed by atoms with E-state index in [4.69, 9.17) is 5.11 Å². The largest absolute Gasteiger partial charge is 0.481 e. The van der Waals surface area contributed by atoms with Crippen molar-refractivity contribution >= 4 is 17.8 Å². The quantitative estimate of drug-likeness (QED) is 0.795. The molecule has 1 aliphatic rings. The van der Waals surface area contributed by atoms with Gasteiger partial charge in [0, 0.05) is 19.5 Å². The van der Waals surface area contributed by atoms with E-state index in [1.54, 1.807) is 12.1 Å². The molecule has 0 bridgehead atoms. The Morgan fingerprint density at radius 3 is 2.84 bits per heavy atom. The average molecular weight is 265 g/mol. The maximum Gasteiger partial charge on any atom is 0.358 e. The van der Waals surface area contributed by atoms with Gasteiger partial charge in [-0.25, -0.2) is 4.79 Å². The molecule has 1 saturated heterocycles. The number of rotatable bonds is 4. The van der Waals surface area contributed by atoms with Crippen LogP contribution in [0.1, 0.15) is 23.3 Å². The maximum atomic E-state index is 11.2. The molecule has 2 rings (SSSR count). The molecule has 1 aromatic rings.